The number of nitrogens with two attached hydrogens (primary N) is 1. The van der Waals surface area contributed by atoms with Crippen LogP contribution < -0.4 is 5.73 Å². The molecule has 90 valence electrons. The van der Waals surface area contributed by atoms with Crippen molar-refractivity contribution < 1.29 is 8.42 Å². The van der Waals surface area contributed by atoms with E-state index in [1.54, 1.807) is 0 Å². The van der Waals surface area contributed by atoms with Crippen LogP contribution in [0.2, 0.25) is 0 Å². The first kappa shape index (κ1) is 12.0. The number of rotatable bonds is 2. The molecule has 0 unspecified atom stereocenters. The number of sulfonamides is 1. The van der Waals surface area contributed by atoms with E-state index in [4.69, 9.17) is 5.73 Å². The first-order valence-corrected chi connectivity index (χ1v) is 7.49. The molecule has 1 aromatic heterocycles. The van der Waals surface area contributed by atoms with Crippen LogP contribution in [0.5, 0.6) is 0 Å². The van der Waals surface area contributed by atoms with Gasteiger partial charge in [-0.1, -0.05) is 0 Å². The SMILES string of the molecule is Cc1cc(C)c(S(=O)(=O)N2CC[C@@H](N)C2)s1. The van der Waals surface area contributed by atoms with E-state index in [2.05, 4.69) is 0 Å². The van der Waals surface area contributed by atoms with Gasteiger partial charge in [-0.2, -0.15) is 4.31 Å². The Bertz CT molecular complexity index is 493. The molecule has 1 fully saturated rings. The molecule has 0 aromatic carbocycles. The summed E-state index contributed by atoms with van der Waals surface area (Å²) in [4.78, 5) is 1.03. The Morgan fingerprint density at radius 1 is 1.50 bits per heavy atom. The Hall–Kier alpha value is -0.430. The monoisotopic (exact) mass is 260 g/mol. The Morgan fingerprint density at radius 2 is 2.19 bits per heavy atom. The van der Waals surface area contributed by atoms with Crippen LogP contribution in [-0.2, 0) is 10.0 Å². The summed E-state index contributed by atoms with van der Waals surface area (Å²) in [6, 6.07) is 1.89. The van der Waals surface area contributed by atoms with Gasteiger partial charge in [-0.15, -0.1) is 11.3 Å². The molecule has 0 saturated carbocycles. The van der Waals surface area contributed by atoms with Crippen molar-refractivity contribution in [2.24, 2.45) is 5.73 Å². The lowest BCUT2D eigenvalue weighted by Gasteiger charge is -2.15. The number of nitrogens with zero attached hydrogens (tertiary/aromatic N) is 1. The molecule has 0 aliphatic carbocycles. The third-order valence-corrected chi connectivity index (χ3v) is 6.39. The molecule has 0 spiro atoms. The highest BCUT2D eigenvalue weighted by Crippen LogP contribution is 2.30. The number of aryl methyl sites for hydroxylation is 2. The van der Waals surface area contributed by atoms with Crippen LogP contribution in [-0.4, -0.2) is 31.9 Å². The molecule has 4 nitrogen and oxygen atoms in total. The van der Waals surface area contributed by atoms with Gasteiger partial charge in [-0.3, -0.25) is 0 Å². The van der Waals surface area contributed by atoms with Crippen molar-refractivity contribution >= 4 is 21.4 Å². The van der Waals surface area contributed by atoms with Gasteiger partial charge in [0, 0.05) is 24.0 Å². The molecule has 6 heteroatoms. The van der Waals surface area contributed by atoms with Gasteiger partial charge in [0.1, 0.15) is 4.21 Å². The van der Waals surface area contributed by atoms with Crippen molar-refractivity contribution in [3.8, 4) is 0 Å². The maximum absolute atomic E-state index is 12.3. The van der Waals surface area contributed by atoms with Crippen molar-refractivity contribution in [3.63, 3.8) is 0 Å². The molecule has 2 N–H and O–H groups in total. The van der Waals surface area contributed by atoms with E-state index in [1.807, 2.05) is 19.9 Å². The average molecular weight is 260 g/mol. The van der Waals surface area contributed by atoms with Crippen LogP contribution in [0.3, 0.4) is 0 Å². The summed E-state index contributed by atoms with van der Waals surface area (Å²) < 4.78 is 26.6. The molecule has 0 radical (unpaired) electrons. The lowest BCUT2D eigenvalue weighted by molar-refractivity contribution is 0.474. The van der Waals surface area contributed by atoms with E-state index in [0.717, 1.165) is 16.9 Å². The van der Waals surface area contributed by atoms with E-state index in [9.17, 15) is 8.42 Å². The summed E-state index contributed by atoms with van der Waals surface area (Å²) >= 11 is 1.34. The largest absolute Gasteiger partial charge is 0.326 e. The summed E-state index contributed by atoms with van der Waals surface area (Å²) in [7, 11) is -3.31. The second-order valence-electron chi connectivity index (χ2n) is 4.24. The predicted octanol–water partition coefficient (Wildman–Crippen LogP) is 1.09. The summed E-state index contributed by atoms with van der Waals surface area (Å²) in [6.45, 7) is 4.75. The molecule has 16 heavy (non-hydrogen) atoms. The summed E-state index contributed by atoms with van der Waals surface area (Å²) in [5.41, 5.74) is 6.58. The predicted molar refractivity (Wildman–Crippen MR) is 65.1 cm³/mol. The van der Waals surface area contributed by atoms with Crippen molar-refractivity contribution in [1.82, 2.24) is 4.31 Å². The minimum atomic E-state index is -3.31. The van der Waals surface area contributed by atoms with Crippen molar-refractivity contribution in [2.45, 2.75) is 30.5 Å². The van der Waals surface area contributed by atoms with Crippen LogP contribution in [0, 0.1) is 13.8 Å². The minimum Gasteiger partial charge on any atom is -0.326 e. The average Bonchev–Trinajstić information content (AvgIpc) is 2.73. The van der Waals surface area contributed by atoms with Gasteiger partial charge < -0.3 is 5.73 Å². The lowest BCUT2D eigenvalue weighted by Crippen LogP contribution is -2.31. The molecule has 1 aliphatic heterocycles. The summed E-state index contributed by atoms with van der Waals surface area (Å²) in [5, 5.41) is 0. The Kier molecular flexibility index (Phi) is 3.09. The van der Waals surface area contributed by atoms with Crippen molar-refractivity contribution in [3.05, 3.63) is 16.5 Å². The van der Waals surface area contributed by atoms with Gasteiger partial charge in [0.05, 0.1) is 0 Å². The minimum absolute atomic E-state index is 0.0175. The van der Waals surface area contributed by atoms with Crippen LogP contribution in [0.15, 0.2) is 10.3 Å². The standard InChI is InChI=1S/C10H16N2O2S2/c1-7-5-8(2)15-10(7)16(13,14)12-4-3-9(11)6-12/h5,9H,3-4,6,11H2,1-2H3/t9-/m1/s1. The Balaban J connectivity index is 2.36. The van der Waals surface area contributed by atoms with Gasteiger partial charge in [0.2, 0.25) is 0 Å². The Morgan fingerprint density at radius 3 is 2.62 bits per heavy atom. The van der Waals surface area contributed by atoms with Crippen LogP contribution in [0.4, 0.5) is 0 Å². The third kappa shape index (κ3) is 2.02. The third-order valence-electron chi connectivity index (χ3n) is 2.76. The Labute approximate surface area is 100 Å². The molecule has 1 aliphatic rings. The molecular weight excluding hydrogens is 244 g/mol. The van der Waals surface area contributed by atoms with E-state index in [-0.39, 0.29) is 6.04 Å². The zero-order chi connectivity index (χ0) is 11.9. The van der Waals surface area contributed by atoms with E-state index in [1.165, 1.54) is 15.6 Å². The molecular formula is C10H16N2O2S2. The van der Waals surface area contributed by atoms with Crippen LogP contribution >= 0.6 is 11.3 Å². The quantitative estimate of drug-likeness (QED) is 0.865. The van der Waals surface area contributed by atoms with E-state index in [0.29, 0.717) is 17.3 Å². The van der Waals surface area contributed by atoms with Gasteiger partial charge >= 0.3 is 0 Å². The topological polar surface area (TPSA) is 63.4 Å². The van der Waals surface area contributed by atoms with Gasteiger partial charge in [-0.25, -0.2) is 8.42 Å². The molecule has 1 saturated heterocycles. The lowest BCUT2D eigenvalue weighted by atomic mass is 10.3. The van der Waals surface area contributed by atoms with E-state index < -0.39 is 10.0 Å². The maximum Gasteiger partial charge on any atom is 0.252 e. The van der Waals surface area contributed by atoms with Crippen LogP contribution in [0.25, 0.3) is 0 Å². The van der Waals surface area contributed by atoms with Crippen LogP contribution in [0.1, 0.15) is 16.9 Å². The van der Waals surface area contributed by atoms with Gasteiger partial charge in [-0.05, 0) is 31.9 Å². The first-order valence-electron chi connectivity index (χ1n) is 5.24. The van der Waals surface area contributed by atoms with Crippen molar-refractivity contribution in [1.29, 1.82) is 0 Å². The molecule has 1 aromatic rings. The highest BCUT2D eigenvalue weighted by Gasteiger charge is 2.32. The zero-order valence-electron chi connectivity index (χ0n) is 9.43. The summed E-state index contributed by atoms with van der Waals surface area (Å²) in [5.74, 6) is 0. The highest BCUT2D eigenvalue weighted by molar-refractivity contribution is 7.91. The molecule has 2 rings (SSSR count). The fourth-order valence-electron chi connectivity index (χ4n) is 1.97. The second-order valence-corrected chi connectivity index (χ2v) is 7.63. The van der Waals surface area contributed by atoms with Gasteiger partial charge in [0.25, 0.3) is 10.0 Å². The molecule has 1 atom stereocenters. The number of hydrogen-bond acceptors (Lipinski definition) is 4. The van der Waals surface area contributed by atoms with Crippen molar-refractivity contribution in [2.75, 3.05) is 13.1 Å². The number of hydrogen-bond donors (Lipinski definition) is 1. The molecule has 2 heterocycles. The fraction of sp³-hybridized carbons (Fsp3) is 0.600. The summed E-state index contributed by atoms with van der Waals surface area (Å²) in [6.07, 6.45) is 0.753. The normalized spacial score (nSPS) is 22.8. The van der Waals surface area contributed by atoms with Gasteiger partial charge in [0.15, 0.2) is 0 Å². The highest BCUT2D eigenvalue weighted by atomic mass is 32.2. The second kappa shape index (κ2) is 4.10. The number of thiophene rings is 1. The zero-order valence-corrected chi connectivity index (χ0v) is 11.1. The molecule has 0 amide bonds. The first-order chi connectivity index (χ1) is 7.41. The van der Waals surface area contributed by atoms with E-state index >= 15 is 0 Å². The fourth-order valence-corrected chi connectivity index (χ4v) is 5.28. The molecule has 0 bridgehead atoms. The maximum atomic E-state index is 12.3. The smallest absolute Gasteiger partial charge is 0.252 e.